The van der Waals surface area contributed by atoms with Crippen LogP contribution < -0.4 is 5.32 Å². The van der Waals surface area contributed by atoms with Crippen molar-refractivity contribution in [3.63, 3.8) is 0 Å². The summed E-state index contributed by atoms with van der Waals surface area (Å²) in [7, 11) is 0. The molecule has 3 aromatic rings. The van der Waals surface area contributed by atoms with E-state index in [4.69, 9.17) is 4.42 Å². The van der Waals surface area contributed by atoms with E-state index < -0.39 is 0 Å². The molecule has 1 aromatic carbocycles. The second-order valence-electron chi connectivity index (χ2n) is 7.69. The third-order valence-corrected chi connectivity index (χ3v) is 6.28. The van der Waals surface area contributed by atoms with Gasteiger partial charge in [0.15, 0.2) is 0 Å². The third kappa shape index (κ3) is 4.88. The number of piperazine rings is 1. The first-order chi connectivity index (χ1) is 14.5. The summed E-state index contributed by atoms with van der Waals surface area (Å²) in [5.41, 5.74) is 1.78. The lowest BCUT2D eigenvalue weighted by Gasteiger charge is -2.34. The molecule has 1 aliphatic heterocycles. The number of carbonyl (C=O) groups excluding carboxylic acids is 2. The summed E-state index contributed by atoms with van der Waals surface area (Å²) in [5, 5.41) is 6.87. The molecule has 2 amide bonds. The number of benzene rings is 1. The maximum Gasteiger partial charge on any atom is 0.234 e. The lowest BCUT2D eigenvalue weighted by Crippen LogP contribution is -2.51. The van der Waals surface area contributed by atoms with Crippen LogP contribution in [0.3, 0.4) is 0 Å². The van der Waals surface area contributed by atoms with E-state index in [9.17, 15) is 9.59 Å². The zero-order chi connectivity index (χ0) is 21.1. The quantitative estimate of drug-likeness (QED) is 0.656. The average molecular weight is 427 g/mol. The fourth-order valence-electron chi connectivity index (χ4n) is 3.66. The van der Waals surface area contributed by atoms with Crippen LogP contribution in [0.25, 0.3) is 11.0 Å². The number of thiazole rings is 1. The number of rotatable bonds is 6. The Hall–Kier alpha value is -2.71. The minimum absolute atomic E-state index is 0.0407. The van der Waals surface area contributed by atoms with Crippen molar-refractivity contribution >= 4 is 34.1 Å². The van der Waals surface area contributed by atoms with E-state index in [2.05, 4.69) is 15.2 Å². The normalized spacial score (nSPS) is 16.0. The Morgan fingerprint density at radius 1 is 1.23 bits per heavy atom. The van der Waals surface area contributed by atoms with Crippen molar-refractivity contribution in [2.45, 2.75) is 26.3 Å². The number of furan rings is 1. The summed E-state index contributed by atoms with van der Waals surface area (Å²) >= 11 is 1.53. The minimum atomic E-state index is -0.200. The highest BCUT2D eigenvalue weighted by Crippen LogP contribution is 2.23. The van der Waals surface area contributed by atoms with E-state index >= 15 is 0 Å². The minimum Gasteiger partial charge on any atom is -0.459 e. The molecule has 8 heteroatoms. The molecule has 1 N–H and O–H groups in total. The highest BCUT2D eigenvalue weighted by molar-refractivity contribution is 7.09. The SMILES string of the molecule is Cc1csc(CC(=O)N2CCN(CC(=O)NC(C)c3cc4ccccc4o3)CC2)n1. The topological polar surface area (TPSA) is 78.7 Å². The van der Waals surface area contributed by atoms with Crippen LogP contribution in [0.2, 0.25) is 0 Å². The highest BCUT2D eigenvalue weighted by Gasteiger charge is 2.24. The Kier molecular flexibility index (Phi) is 6.15. The van der Waals surface area contributed by atoms with Gasteiger partial charge in [0.2, 0.25) is 11.8 Å². The molecule has 7 nitrogen and oxygen atoms in total. The molecule has 3 heterocycles. The first-order valence-electron chi connectivity index (χ1n) is 10.2. The summed E-state index contributed by atoms with van der Waals surface area (Å²) in [6.45, 7) is 6.82. The zero-order valence-electron chi connectivity index (χ0n) is 17.3. The average Bonchev–Trinajstić information content (AvgIpc) is 3.34. The maximum atomic E-state index is 12.5. The van der Waals surface area contributed by atoms with Crippen LogP contribution in [0.4, 0.5) is 0 Å². The fourth-order valence-corrected chi connectivity index (χ4v) is 4.42. The van der Waals surface area contributed by atoms with Crippen LogP contribution >= 0.6 is 11.3 Å². The van der Waals surface area contributed by atoms with Gasteiger partial charge >= 0.3 is 0 Å². The van der Waals surface area contributed by atoms with Gasteiger partial charge in [-0.3, -0.25) is 14.5 Å². The number of hydrogen-bond acceptors (Lipinski definition) is 6. The molecule has 1 aliphatic rings. The molecule has 4 rings (SSSR count). The summed E-state index contributed by atoms with van der Waals surface area (Å²) in [4.78, 5) is 33.3. The Morgan fingerprint density at radius 3 is 2.70 bits per heavy atom. The van der Waals surface area contributed by atoms with E-state index in [1.807, 2.05) is 54.5 Å². The second kappa shape index (κ2) is 8.97. The van der Waals surface area contributed by atoms with Gasteiger partial charge in [-0.1, -0.05) is 18.2 Å². The van der Waals surface area contributed by atoms with Crippen molar-refractivity contribution in [1.82, 2.24) is 20.1 Å². The third-order valence-electron chi connectivity index (χ3n) is 5.31. The first kappa shape index (κ1) is 20.6. The molecule has 0 radical (unpaired) electrons. The van der Waals surface area contributed by atoms with Crippen LogP contribution in [0.1, 0.15) is 29.4 Å². The van der Waals surface area contributed by atoms with Crippen LogP contribution in [-0.2, 0) is 16.0 Å². The number of fused-ring (bicyclic) bond motifs is 1. The van der Waals surface area contributed by atoms with Crippen LogP contribution in [-0.4, -0.2) is 59.3 Å². The Labute approximate surface area is 179 Å². The molecule has 2 aromatic heterocycles. The van der Waals surface area contributed by atoms with Gasteiger partial charge in [0.1, 0.15) is 16.4 Å². The maximum absolute atomic E-state index is 12.5. The number of nitrogens with zero attached hydrogens (tertiary/aromatic N) is 3. The monoisotopic (exact) mass is 426 g/mol. The van der Waals surface area contributed by atoms with Gasteiger partial charge in [0.25, 0.3) is 0 Å². The van der Waals surface area contributed by atoms with Gasteiger partial charge in [-0.25, -0.2) is 4.98 Å². The molecule has 0 saturated carbocycles. The van der Waals surface area contributed by atoms with E-state index in [1.54, 1.807) is 0 Å². The molecule has 1 unspecified atom stereocenters. The number of para-hydroxylation sites is 1. The molecule has 30 heavy (non-hydrogen) atoms. The van der Waals surface area contributed by atoms with Gasteiger partial charge in [-0.2, -0.15) is 0 Å². The molecule has 0 aliphatic carbocycles. The van der Waals surface area contributed by atoms with Crippen LogP contribution in [0, 0.1) is 6.92 Å². The molecule has 1 saturated heterocycles. The summed E-state index contributed by atoms with van der Waals surface area (Å²) < 4.78 is 5.83. The molecule has 0 bridgehead atoms. The van der Waals surface area contributed by atoms with Crippen molar-refractivity contribution in [2.75, 3.05) is 32.7 Å². The van der Waals surface area contributed by atoms with E-state index in [0.717, 1.165) is 27.4 Å². The van der Waals surface area contributed by atoms with Gasteiger partial charge in [-0.05, 0) is 26.0 Å². The van der Waals surface area contributed by atoms with E-state index in [1.165, 1.54) is 11.3 Å². The van der Waals surface area contributed by atoms with Crippen molar-refractivity contribution < 1.29 is 14.0 Å². The molecular formula is C22H26N4O3S. The smallest absolute Gasteiger partial charge is 0.234 e. The second-order valence-corrected chi connectivity index (χ2v) is 8.63. The van der Waals surface area contributed by atoms with Crippen molar-refractivity contribution in [2.24, 2.45) is 0 Å². The predicted molar refractivity (Wildman–Crippen MR) is 116 cm³/mol. The van der Waals surface area contributed by atoms with E-state index in [-0.39, 0.29) is 17.9 Å². The standard InChI is InChI=1S/C22H26N4O3S/c1-15-14-30-21(23-15)12-22(28)26-9-7-25(8-10-26)13-20(27)24-16(2)19-11-17-5-3-4-6-18(17)29-19/h3-6,11,14,16H,7-10,12-13H2,1-2H3,(H,24,27). The van der Waals surface area contributed by atoms with Gasteiger partial charge < -0.3 is 14.6 Å². The first-order valence-corrected chi connectivity index (χ1v) is 11.0. The molecular weight excluding hydrogens is 400 g/mol. The summed E-state index contributed by atoms with van der Waals surface area (Å²) in [6, 6.07) is 9.58. The number of aromatic nitrogens is 1. The number of carbonyl (C=O) groups is 2. The molecule has 0 spiro atoms. The Bertz CT molecular complexity index is 1000. The lowest BCUT2D eigenvalue weighted by molar-refractivity contribution is -0.132. The molecule has 1 fully saturated rings. The number of amides is 2. The van der Waals surface area contributed by atoms with Crippen molar-refractivity contribution in [3.05, 3.63) is 52.2 Å². The number of nitrogens with one attached hydrogen (secondary N) is 1. The van der Waals surface area contributed by atoms with E-state index in [0.29, 0.717) is 39.1 Å². The van der Waals surface area contributed by atoms with Crippen molar-refractivity contribution in [3.8, 4) is 0 Å². The Morgan fingerprint density at radius 2 is 2.00 bits per heavy atom. The van der Waals surface area contributed by atoms with Crippen molar-refractivity contribution in [1.29, 1.82) is 0 Å². The number of hydrogen-bond donors (Lipinski definition) is 1. The zero-order valence-corrected chi connectivity index (χ0v) is 18.1. The Balaban J connectivity index is 1.23. The van der Waals surface area contributed by atoms with Gasteiger partial charge in [0.05, 0.1) is 19.0 Å². The largest absolute Gasteiger partial charge is 0.459 e. The van der Waals surface area contributed by atoms with Crippen LogP contribution in [0.15, 0.2) is 40.1 Å². The van der Waals surface area contributed by atoms with Gasteiger partial charge in [-0.15, -0.1) is 11.3 Å². The summed E-state index contributed by atoms with van der Waals surface area (Å²) in [6.07, 6.45) is 0.355. The highest BCUT2D eigenvalue weighted by atomic mass is 32.1. The lowest BCUT2D eigenvalue weighted by atomic mass is 10.2. The van der Waals surface area contributed by atoms with Crippen LogP contribution in [0.5, 0.6) is 0 Å². The van der Waals surface area contributed by atoms with Gasteiger partial charge in [0, 0.05) is 42.6 Å². The molecule has 158 valence electrons. The fraction of sp³-hybridized carbons (Fsp3) is 0.409. The predicted octanol–water partition coefficient (Wildman–Crippen LogP) is 2.76. The summed E-state index contributed by atoms with van der Waals surface area (Å²) in [5.74, 6) is 0.811. The number of aryl methyl sites for hydroxylation is 1. The molecule has 1 atom stereocenters.